The van der Waals surface area contributed by atoms with Gasteiger partial charge in [0.15, 0.2) is 11.6 Å². The Labute approximate surface area is 260 Å². The third-order valence-corrected chi connectivity index (χ3v) is 7.04. The zero-order valence-electron chi connectivity index (χ0n) is 24.3. The Kier molecular flexibility index (Phi) is 8.25. The molecule has 230 valence electrons. The number of ether oxygens (including phenoxy) is 2. The maximum Gasteiger partial charge on any atom is 0.262 e. The normalized spacial score (nSPS) is 10.9. The van der Waals surface area contributed by atoms with E-state index in [4.69, 9.17) is 14.7 Å². The molecule has 0 radical (unpaired) electrons. The molecule has 0 unspecified atom stereocenters. The summed E-state index contributed by atoms with van der Waals surface area (Å²) >= 11 is 0. The predicted molar refractivity (Wildman–Crippen MR) is 165 cm³/mol. The first kappa shape index (κ1) is 29.8. The monoisotopic (exact) mass is 621 g/mol. The first-order chi connectivity index (χ1) is 22.3. The number of aromatic nitrogens is 5. The number of pyridine rings is 2. The molecule has 4 heterocycles. The Morgan fingerprint density at radius 3 is 2.67 bits per heavy atom. The molecule has 0 atom stereocenters. The molecular weight excluding hydrogens is 596 g/mol. The van der Waals surface area contributed by atoms with Gasteiger partial charge in [-0.2, -0.15) is 10.4 Å². The van der Waals surface area contributed by atoms with Gasteiger partial charge in [-0.1, -0.05) is 0 Å². The van der Waals surface area contributed by atoms with Crippen LogP contribution in [0.5, 0.6) is 17.2 Å². The second-order valence-corrected chi connectivity index (χ2v) is 10.0. The average Bonchev–Trinajstić information content (AvgIpc) is 3.69. The molecule has 0 aliphatic carbocycles. The largest absolute Gasteiger partial charge is 0.493 e. The van der Waals surface area contributed by atoms with Crippen molar-refractivity contribution in [2.45, 2.75) is 19.9 Å². The zero-order chi connectivity index (χ0) is 32.2. The van der Waals surface area contributed by atoms with E-state index in [1.807, 2.05) is 6.07 Å². The Balaban J connectivity index is 1.22. The minimum absolute atomic E-state index is 0.0884. The summed E-state index contributed by atoms with van der Waals surface area (Å²) in [6.45, 7) is 2.10. The van der Waals surface area contributed by atoms with E-state index in [1.165, 1.54) is 58.0 Å². The molecule has 6 rings (SSSR count). The van der Waals surface area contributed by atoms with E-state index in [0.29, 0.717) is 33.6 Å². The molecule has 2 N–H and O–H groups in total. The van der Waals surface area contributed by atoms with Gasteiger partial charge in [0.05, 0.1) is 36.2 Å². The molecule has 0 aliphatic heterocycles. The summed E-state index contributed by atoms with van der Waals surface area (Å²) in [5.41, 5.74) is 2.08. The number of hydrogen-bond donors (Lipinski definition) is 2. The Morgan fingerprint density at radius 1 is 1.09 bits per heavy atom. The maximum absolute atomic E-state index is 15.3. The lowest BCUT2D eigenvalue weighted by molar-refractivity contribution is -0.115. The molecule has 1 amide bonds. The number of H-pyrrole nitrogens is 1. The first-order valence-corrected chi connectivity index (χ1v) is 14.1. The van der Waals surface area contributed by atoms with E-state index in [2.05, 4.69) is 20.4 Å². The molecule has 0 aliphatic rings. The van der Waals surface area contributed by atoms with Crippen LogP contribution in [0.25, 0.3) is 27.8 Å². The smallest absolute Gasteiger partial charge is 0.262 e. The van der Waals surface area contributed by atoms with Gasteiger partial charge in [0, 0.05) is 53.4 Å². The number of carbonyl (C=O) groups is 1. The second-order valence-electron chi connectivity index (χ2n) is 10.0. The molecule has 4 aromatic heterocycles. The van der Waals surface area contributed by atoms with Gasteiger partial charge >= 0.3 is 0 Å². The van der Waals surface area contributed by atoms with Crippen molar-refractivity contribution in [3.8, 4) is 40.1 Å². The van der Waals surface area contributed by atoms with Gasteiger partial charge in [-0.15, -0.1) is 0 Å². The molecule has 11 nitrogen and oxygen atoms in total. The van der Waals surface area contributed by atoms with Crippen molar-refractivity contribution in [1.29, 1.82) is 5.26 Å². The summed E-state index contributed by atoms with van der Waals surface area (Å²) in [5.74, 6) is -1.30. The van der Waals surface area contributed by atoms with Crippen LogP contribution in [0, 0.1) is 23.0 Å². The number of aromatic amines is 1. The highest BCUT2D eigenvalue weighted by molar-refractivity contribution is 5.98. The van der Waals surface area contributed by atoms with E-state index in [-0.39, 0.29) is 42.3 Å². The highest BCUT2D eigenvalue weighted by atomic mass is 19.1. The van der Waals surface area contributed by atoms with Gasteiger partial charge in [0.2, 0.25) is 5.91 Å². The number of nitrogens with one attached hydrogen (secondary N) is 2. The minimum atomic E-state index is -0.741. The number of amides is 1. The van der Waals surface area contributed by atoms with Crippen molar-refractivity contribution in [2.75, 3.05) is 11.9 Å². The van der Waals surface area contributed by atoms with Gasteiger partial charge in [-0.25, -0.2) is 13.8 Å². The Hall–Kier alpha value is -6.29. The van der Waals surface area contributed by atoms with Crippen LogP contribution in [0.2, 0.25) is 0 Å². The lowest BCUT2D eigenvalue weighted by atomic mass is 10.1. The lowest BCUT2D eigenvalue weighted by Gasteiger charge is -2.14. The number of carbonyl (C=O) groups excluding carboxylic acids is 1. The Morgan fingerprint density at radius 2 is 1.91 bits per heavy atom. The van der Waals surface area contributed by atoms with Crippen molar-refractivity contribution in [3.05, 3.63) is 113 Å². The quantitative estimate of drug-likeness (QED) is 0.199. The van der Waals surface area contributed by atoms with Crippen molar-refractivity contribution < 1.29 is 23.0 Å². The molecule has 13 heteroatoms. The van der Waals surface area contributed by atoms with Crippen LogP contribution in [-0.4, -0.2) is 36.8 Å². The number of anilines is 1. The van der Waals surface area contributed by atoms with Crippen molar-refractivity contribution in [2.24, 2.45) is 0 Å². The van der Waals surface area contributed by atoms with E-state index >= 15 is 4.39 Å². The molecular formula is C33H25F2N7O4. The van der Waals surface area contributed by atoms with Crippen LogP contribution in [-0.2, 0) is 17.8 Å². The molecule has 6 aromatic rings. The number of nitriles is 1. The topological polar surface area (TPSA) is 140 Å². The van der Waals surface area contributed by atoms with Crippen LogP contribution < -0.4 is 20.3 Å². The van der Waals surface area contributed by atoms with E-state index in [0.717, 1.165) is 6.07 Å². The minimum Gasteiger partial charge on any atom is -0.493 e. The van der Waals surface area contributed by atoms with Crippen LogP contribution in [0.4, 0.5) is 14.5 Å². The zero-order valence-corrected chi connectivity index (χ0v) is 24.3. The lowest BCUT2D eigenvalue weighted by Crippen LogP contribution is -2.26. The summed E-state index contributed by atoms with van der Waals surface area (Å²) in [7, 11) is 0. The van der Waals surface area contributed by atoms with Gasteiger partial charge < -0.3 is 19.8 Å². The summed E-state index contributed by atoms with van der Waals surface area (Å²) in [6.07, 6.45) is 7.71. The summed E-state index contributed by atoms with van der Waals surface area (Å²) < 4.78 is 43.1. The fraction of sp³-hybridized carbons (Fsp3) is 0.121. The van der Waals surface area contributed by atoms with Crippen molar-refractivity contribution in [3.63, 3.8) is 0 Å². The Bertz CT molecular complexity index is 2160. The van der Waals surface area contributed by atoms with Crippen molar-refractivity contribution in [1.82, 2.24) is 24.3 Å². The van der Waals surface area contributed by atoms with Gasteiger partial charge in [0.25, 0.3) is 5.56 Å². The third-order valence-electron chi connectivity index (χ3n) is 7.04. The third kappa shape index (κ3) is 6.04. The van der Waals surface area contributed by atoms with Crippen molar-refractivity contribution >= 4 is 22.6 Å². The number of nitrogens with zero attached hydrogens (tertiary/aromatic N) is 5. The van der Waals surface area contributed by atoms with E-state index < -0.39 is 23.1 Å². The van der Waals surface area contributed by atoms with E-state index in [9.17, 15) is 14.0 Å². The van der Waals surface area contributed by atoms with Crippen LogP contribution in [0.3, 0.4) is 0 Å². The van der Waals surface area contributed by atoms with Gasteiger partial charge in [0.1, 0.15) is 29.5 Å². The SMILES string of the molecule is CCOc1ccn(-c2ccc(F)cc2)c(=O)c1CC(=O)Nc1ccc(Oc2ccnc3[nH]cc(-c4cnn(CC#N)c4)c23)c(F)c1. The van der Waals surface area contributed by atoms with Gasteiger partial charge in [-0.05, 0) is 55.5 Å². The fourth-order valence-corrected chi connectivity index (χ4v) is 4.97. The number of rotatable bonds is 10. The highest BCUT2D eigenvalue weighted by Crippen LogP contribution is 2.37. The number of hydrogen-bond acceptors (Lipinski definition) is 7. The maximum atomic E-state index is 15.3. The number of benzene rings is 2. The van der Waals surface area contributed by atoms with E-state index in [1.54, 1.807) is 37.6 Å². The number of fused-ring (bicyclic) bond motifs is 1. The molecule has 0 saturated heterocycles. The average molecular weight is 622 g/mol. The molecule has 0 saturated carbocycles. The molecule has 46 heavy (non-hydrogen) atoms. The van der Waals surface area contributed by atoms with Crippen LogP contribution in [0.1, 0.15) is 12.5 Å². The first-order valence-electron chi connectivity index (χ1n) is 14.1. The molecule has 0 fully saturated rings. The van der Waals surface area contributed by atoms with Crippen LogP contribution in [0.15, 0.2) is 90.4 Å². The predicted octanol–water partition coefficient (Wildman–Crippen LogP) is 5.75. The van der Waals surface area contributed by atoms with Crippen LogP contribution >= 0.6 is 0 Å². The molecule has 2 aromatic carbocycles. The summed E-state index contributed by atoms with van der Waals surface area (Å²) in [5, 5.41) is 16.4. The fourth-order valence-electron chi connectivity index (χ4n) is 4.97. The van der Waals surface area contributed by atoms with Gasteiger partial charge in [-0.3, -0.25) is 18.8 Å². The highest BCUT2D eigenvalue weighted by Gasteiger charge is 2.19. The second kappa shape index (κ2) is 12.7. The molecule has 0 spiro atoms. The summed E-state index contributed by atoms with van der Waals surface area (Å²) in [6, 6.07) is 14.5. The standard InChI is InChI=1S/C33H25F2N7O4/c1-2-45-27-10-13-42(23-6-3-21(34)4-7-23)33(44)24(27)16-30(43)40-22-5-8-28(26(35)15-22)46-29-9-12-37-32-31(29)25(18-38-32)20-17-39-41(19-20)14-11-36/h3-10,12-13,15,17-19H,2,14,16H2,1H3,(H,37,38)(H,40,43). The number of halogens is 2. The molecule has 0 bridgehead atoms. The summed E-state index contributed by atoms with van der Waals surface area (Å²) in [4.78, 5) is 33.8.